The second-order valence-electron chi connectivity index (χ2n) is 3.78. The first-order chi connectivity index (χ1) is 8.71. The molecule has 0 saturated heterocycles. The van der Waals surface area contributed by atoms with Crippen LogP contribution in [0.1, 0.15) is 12.0 Å². The average Bonchev–Trinajstić information content (AvgIpc) is 2.43. The summed E-state index contributed by atoms with van der Waals surface area (Å²) >= 11 is 0. The van der Waals surface area contributed by atoms with Crippen molar-refractivity contribution in [2.75, 3.05) is 14.2 Å². The molecule has 98 valence electrons. The van der Waals surface area contributed by atoms with Crippen LogP contribution in [-0.4, -0.2) is 31.6 Å². The minimum Gasteiger partial charge on any atom is -0.497 e. The lowest BCUT2D eigenvalue weighted by Gasteiger charge is -2.09. The van der Waals surface area contributed by atoms with Crippen molar-refractivity contribution in [2.24, 2.45) is 11.1 Å². The Hall–Kier alpha value is -2.04. The van der Waals surface area contributed by atoms with Gasteiger partial charge in [0.15, 0.2) is 0 Å². The third kappa shape index (κ3) is 4.08. The minimum atomic E-state index is -0.526. The second kappa shape index (κ2) is 7.32. The number of oxime groups is 1. The normalized spacial score (nSPS) is 12.3. The molecule has 0 aliphatic heterocycles. The van der Waals surface area contributed by atoms with E-state index in [9.17, 15) is 4.79 Å². The van der Waals surface area contributed by atoms with Gasteiger partial charge in [-0.25, -0.2) is 0 Å². The number of esters is 1. The van der Waals surface area contributed by atoms with Crippen LogP contribution in [0.4, 0.5) is 0 Å². The Morgan fingerprint density at radius 2 is 2.06 bits per heavy atom. The number of hydrogen-bond acceptors (Lipinski definition) is 5. The van der Waals surface area contributed by atoms with Crippen LogP contribution >= 0.6 is 0 Å². The van der Waals surface area contributed by atoms with E-state index in [1.807, 2.05) is 24.3 Å². The van der Waals surface area contributed by atoms with Gasteiger partial charge in [-0.2, -0.15) is 0 Å². The second-order valence-corrected chi connectivity index (χ2v) is 3.78. The van der Waals surface area contributed by atoms with Gasteiger partial charge in [0.25, 0.3) is 0 Å². The Bertz CT molecular complexity index is 400. The topological polar surface area (TPSA) is 68.1 Å². The molecule has 1 aromatic carbocycles. The molecule has 1 atom stereocenters. The third-order valence-corrected chi connectivity index (χ3v) is 2.65. The lowest BCUT2D eigenvalue weighted by atomic mass is 10.0. The minimum absolute atomic E-state index is 0.402. The number of nitrogens with zero attached hydrogens (tertiary/aromatic N) is 1. The van der Waals surface area contributed by atoms with E-state index >= 15 is 0 Å². The van der Waals surface area contributed by atoms with Crippen LogP contribution in [0.5, 0.6) is 5.75 Å². The molecule has 0 saturated carbocycles. The zero-order valence-corrected chi connectivity index (χ0v) is 10.5. The Kier molecular flexibility index (Phi) is 5.70. The van der Waals surface area contributed by atoms with Crippen molar-refractivity contribution in [3.63, 3.8) is 0 Å². The molecule has 0 fully saturated rings. The summed E-state index contributed by atoms with van der Waals surface area (Å²) in [7, 11) is 2.92. The quantitative estimate of drug-likeness (QED) is 0.363. The van der Waals surface area contributed by atoms with E-state index in [-0.39, 0.29) is 0 Å². The molecule has 0 radical (unpaired) electrons. The first-order valence-electron chi connectivity index (χ1n) is 5.59. The van der Waals surface area contributed by atoms with E-state index in [4.69, 9.17) is 9.94 Å². The molecule has 1 N–H and O–H groups in total. The molecule has 0 aromatic heterocycles. The smallest absolute Gasteiger partial charge is 0.314 e. The summed E-state index contributed by atoms with van der Waals surface area (Å²) in [5, 5.41) is 11.4. The summed E-state index contributed by atoms with van der Waals surface area (Å²) in [6.45, 7) is 0. The van der Waals surface area contributed by atoms with E-state index in [0.29, 0.717) is 12.8 Å². The van der Waals surface area contributed by atoms with Gasteiger partial charge in [-0.3, -0.25) is 4.79 Å². The predicted molar refractivity (Wildman–Crippen MR) is 67.1 cm³/mol. The Labute approximate surface area is 106 Å². The molecule has 5 nitrogen and oxygen atoms in total. The van der Waals surface area contributed by atoms with Gasteiger partial charge in [-0.1, -0.05) is 12.1 Å². The Morgan fingerprint density at radius 3 is 2.56 bits per heavy atom. The summed E-state index contributed by atoms with van der Waals surface area (Å²) in [5.41, 5.74) is 1.08. The van der Waals surface area contributed by atoms with Gasteiger partial charge in [-0.05, 0) is 30.5 Å². The van der Waals surface area contributed by atoms with Gasteiger partial charge in [0.2, 0.25) is 0 Å². The molecule has 1 rings (SSSR count). The summed E-state index contributed by atoms with van der Waals surface area (Å²) in [6.07, 6.45) is 2.41. The van der Waals surface area contributed by atoms with E-state index in [1.165, 1.54) is 13.3 Å². The SMILES string of the molecule is COC(=O)C(/C=N\O)CCc1ccc(OC)cc1. The fourth-order valence-electron chi connectivity index (χ4n) is 1.60. The molecule has 0 aliphatic carbocycles. The van der Waals surface area contributed by atoms with Crippen molar-refractivity contribution in [1.82, 2.24) is 0 Å². The van der Waals surface area contributed by atoms with Crippen LogP contribution in [-0.2, 0) is 16.0 Å². The first kappa shape index (κ1) is 14.0. The molecule has 18 heavy (non-hydrogen) atoms. The number of carbonyl (C=O) groups is 1. The monoisotopic (exact) mass is 251 g/mol. The number of hydrogen-bond donors (Lipinski definition) is 1. The lowest BCUT2D eigenvalue weighted by Crippen LogP contribution is -2.18. The highest BCUT2D eigenvalue weighted by Crippen LogP contribution is 2.15. The number of rotatable bonds is 6. The van der Waals surface area contributed by atoms with E-state index in [1.54, 1.807) is 7.11 Å². The Morgan fingerprint density at radius 1 is 1.39 bits per heavy atom. The largest absolute Gasteiger partial charge is 0.497 e. The average molecular weight is 251 g/mol. The fourth-order valence-corrected chi connectivity index (χ4v) is 1.60. The molecule has 5 heteroatoms. The van der Waals surface area contributed by atoms with Crippen molar-refractivity contribution < 1.29 is 19.5 Å². The van der Waals surface area contributed by atoms with Crippen LogP contribution in [0.15, 0.2) is 29.4 Å². The van der Waals surface area contributed by atoms with Gasteiger partial charge >= 0.3 is 5.97 Å². The first-order valence-corrected chi connectivity index (χ1v) is 5.59. The molecule has 0 aliphatic rings. The van der Waals surface area contributed by atoms with Gasteiger partial charge < -0.3 is 14.7 Å². The maximum Gasteiger partial charge on any atom is 0.314 e. The van der Waals surface area contributed by atoms with E-state index < -0.39 is 11.9 Å². The van der Waals surface area contributed by atoms with Crippen molar-refractivity contribution in [1.29, 1.82) is 0 Å². The molecule has 0 amide bonds. The van der Waals surface area contributed by atoms with Gasteiger partial charge in [-0.15, -0.1) is 5.16 Å². The molecular weight excluding hydrogens is 234 g/mol. The van der Waals surface area contributed by atoms with E-state index in [2.05, 4.69) is 9.89 Å². The van der Waals surface area contributed by atoms with Crippen molar-refractivity contribution in [3.05, 3.63) is 29.8 Å². The number of ether oxygens (including phenoxy) is 2. The summed E-state index contributed by atoms with van der Waals surface area (Å²) in [4.78, 5) is 11.4. The van der Waals surface area contributed by atoms with Gasteiger partial charge in [0.05, 0.1) is 26.4 Å². The van der Waals surface area contributed by atoms with Crippen LogP contribution < -0.4 is 4.74 Å². The predicted octanol–water partition coefficient (Wildman–Crippen LogP) is 1.88. The maximum absolute atomic E-state index is 11.4. The number of methoxy groups -OCH3 is 2. The van der Waals surface area contributed by atoms with Crippen molar-refractivity contribution in [3.8, 4) is 5.75 Å². The molecule has 0 heterocycles. The third-order valence-electron chi connectivity index (χ3n) is 2.65. The molecule has 1 unspecified atom stereocenters. The van der Waals surface area contributed by atoms with Crippen LogP contribution in [0.25, 0.3) is 0 Å². The number of aryl methyl sites for hydroxylation is 1. The van der Waals surface area contributed by atoms with E-state index in [0.717, 1.165) is 11.3 Å². The number of carbonyl (C=O) groups excluding carboxylic acids is 1. The molecule has 0 bridgehead atoms. The van der Waals surface area contributed by atoms with Crippen LogP contribution in [0.3, 0.4) is 0 Å². The van der Waals surface area contributed by atoms with Crippen LogP contribution in [0, 0.1) is 5.92 Å². The number of benzene rings is 1. The molecule has 0 spiro atoms. The summed E-state index contributed by atoms with van der Waals surface area (Å²) in [6, 6.07) is 7.59. The molecular formula is C13H17NO4. The highest BCUT2D eigenvalue weighted by molar-refractivity contribution is 5.89. The van der Waals surface area contributed by atoms with Crippen molar-refractivity contribution >= 4 is 12.2 Å². The fraction of sp³-hybridized carbons (Fsp3) is 0.385. The summed E-state index contributed by atoms with van der Waals surface area (Å²) < 4.78 is 9.69. The van der Waals surface area contributed by atoms with Gasteiger partial charge in [0, 0.05) is 0 Å². The summed E-state index contributed by atoms with van der Waals surface area (Å²) in [5.74, 6) is -0.136. The van der Waals surface area contributed by atoms with Crippen molar-refractivity contribution in [2.45, 2.75) is 12.8 Å². The highest BCUT2D eigenvalue weighted by Gasteiger charge is 2.16. The highest BCUT2D eigenvalue weighted by atomic mass is 16.5. The maximum atomic E-state index is 11.4. The Balaban J connectivity index is 2.58. The zero-order chi connectivity index (χ0) is 13.4. The van der Waals surface area contributed by atoms with Crippen LogP contribution in [0.2, 0.25) is 0 Å². The standard InChI is InChI=1S/C13H17NO4/c1-17-12-7-4-10(5-8-12)3-6-11(9-14-16)13(15)18-2/h4-5,7-9,11,16H,3,6H2,1-2H3/b14-9-. The molecule has 1 aromatic rings. The zero-order valence-electron chi connectivity index (χ0n) is 10.5. The lowest BCUT2D eigenvalue weighted by molar-refractivity contribution is -0.143. The van der Waals surface area contributed by atoms with Gasteiger partial charge in [0.1, 0.15) is 5.75 Å².